The van der Waals surface area contributed by atoms with Gasteiger partial charge >= 0.3 is 6.18 Å². The van der Waals surface area contributed by atoms with E-state index in [0.717, 1.165) is 24.1 Å². The molecule has 1 fully saturated rings. The second-order valence-corrected chi connectivity index (χ2v) is 6.29. The fraction of sp³-hybridized carbons (Fsp3) is 0.400. The monoisotopic (exact) mass is 357 g/mol. The number of alkyl halides is 3. The lowest BCUT2D eigenvalue weighted by molar-refractivity contribution is -0.137. The lowest BCUT2D eigenvalue weighted by Crippen LogP contribution is -2.23. The van der Waals surface area contributed by atoms with E-state index in [1.165, 1.54) is 23.9 Å². The SMILES string of the molecule is O=C1CCCN1Cc1nnc(SCc2ccc(C(F)(F)F)cc2)o1. The average molecular weight is 357 g/mol. The molecule has 0 saturated carbocycles. The van der Waals surface area contributed by atoms with E-state index in [-0.39, 0.29) is 5.91 Å². The molecule has 3 rings (SSSR count). The number of carbonyl (C=O) groups excluding carboxylic acids is 1. The number of hydrogen-bond acceptors (Lipinski definition) is 5. The normalized spacial score (nSPS) is 15.3. The van der Waals surface area contributed by atoms with Crippen LogP contribution >= 0.6 is 11.8 Å². The minimum Gasteiger partial charge on any atom is -0.414 e. The molecule has 0 N–H and O–H groups in total. The fourth-order valence-corrected chi connectivity index (χ4v) is 3.07. The van der Waals surface area contributed by atoms with Gasteiger partial charge in [0.05, 0.1) is 12.1 Å². The summed E-state index contributed by atoms with van der Waals surface area (Å²) in [6, 6.07) is 4.95. The van der Waals surface area contributed by atoms with Gasteiger partial charge in [0.2, 0.25) is 11.8 Å². The van der Waals surface area contributed by atoms with Gasteiger partial charge in [-0.1, -0.05) is 23.9 Å². The number of nitrogens with zero attached hydrogens (tertiary/aromatic N) is 3. The van der Waals surface area contributed by atoms with Crippen molar-refractivity contribution in [2.45, 2.75) is 36.5 Å². The van der Waals surface area contributed by atoms with Gasteiger partial charge in [0.1, 0.15) is 0 Å². The Morgan fingerprint density at radius 2 is 1.96 bits per heavy atom. The predicted octanol–water partition coefficient (Wildman–Crippen LogP) is 3.50. The van der Waals surface area contributed by atoms with Gasteiger partial charge in [-0.15, -0.1) is 10.2 Å². The van der Waals surface area contributed by atoms with Crippen LogP contribution in [-0.4, -0.2) is 27.5 Å². The highest BCUT2D eigenvalue weighted by Gasteiger charge is 2.30. The summed E-state index contributed by atoms with van der Waals surface area (Å²) in [5.74, 6) is 0.856. The molecular weight excluding hydrogens is 343 g/mol. The molecule has 9 heteroatoms. The second-order valence-electron chi connectivity index (χ2n) is 5.36. The smallest absolute Gasteiger partial charge is 0.414 e. The lowest BCUT2D eigenvalue weighted by atomic mass is 10.1. The Labute approximate surface area is 140 Å². The third-order valence-electron chi connectivity index (χ3n) is 3.59. The van der Waals surface area contributed by atoms with Crippen molar-refractivity contribution >= 4 is 17.7 Å². The van der Waals surface area contributed by atoms with Gasteiger partial charge in [-0.3, -0.25) is 4.79 Å². The molecule has 0 radical (unpaired) electrons. The number of likely N-dealkylation sites (tertiary alicyclic amines) is 1. The van der Waals surface area contributed by atoms with Gasteiger partial charge in [-0.05, 0) is 24.1 Å². The molecule has 24 heavy (non-hydrogen) atoms. The molecule has 0 aliphatic carbocycles. The van der Waals surface area contributed by atoms with Gasteiger partial charge in [0.15, 0.2) is 0 Å². The summed E-state index contributed by atoms with van der Waals surface area (Å²) < 4.78 is 43.0. The number of benzene rings is 1. The van der Waals surface area contributed by atoms with Crippen LogP contribution in [0.2, 0.25) is 0 Å². The first kappa shape index (κ1) is 16.8. The molecule has 1 aromatic carbocycles. The van der Waals surface area contributed by atoms with E-state index in [4.69, 9.17) is 4.42 Å². The van der Waals surface area contributed by atoms with Crippen LogP contribution in [-0.2, 0) is 23.3 Å². The molecule has 128 valence electrons. The molecule has 5 nitrogen and oxygen atoms in total. The number of thioether (sulfide) groups is 1. The van der Waals surface area contributed by atoms with Crippen LogP contribution in [0.5, 0.6) is 0 Å². The molecule has 2 aromatic rings. The summed E-state index contributed by atoms with van der Waals surface area (Å²) in [7, 11) is 0. The molecule has 1 amide bonds. The third-order valence-corrected chi connectivity index (χ3v) is 4.48. The Kier molecular flexibility index (Phi) is 4.79. The molecule has 1 aliphatic rings. The zero-order valence-corrected chi connectivity index (χ0v) is 13.4. The van der Waals surface area contributed by atoms with Gasteiger partial charge < -0.3 is 9.32 Å². The largest absolute Gasteiger partial charge is 0.416 e. The summed E-state index contributed by atoms with van der Waals surface area (Å²) in [5, 5.41) is 8.11. The van der Waals surface area contributed by atoms with Crippen molar-refractivity contribution in [3.05, 3.63) is 41.3 Å². The first-order valence-corrected chi connectivity index (χ1v) is 8.29. The van der Waals surface area contributed by atoms with Crippen molar-refractivity contribution in [2.24, 2.45) is 0 Å². The van der Waals surface area contributed by atoms with Crippen molar-refractivity contribution < 1.29 is 22.4 Å². The van der Waals surface area contributed by atoms with E-state index < -0.39 is 11.7 Å². The first-order chi connectivity index (χ1) is 11.4. The van der Waals surface area contributed by atoms with Gasteiger partial charge in [-0.25, -0.2) is 0 Å². The van der Waals surface area contributed by atoms with Crippen molar-refractivity contribution in [3.8, 4) is 0 Å². The summed E-state index contributed by atoms with van der Waals surface area (Å²) in [5.41, 5.74) is 0.0501. The van der Waals surface area contributed by atoms with Crippen LogP contribution in [0.3, 0.4) is 0 Å². The number of carbonyl (C=O) groups is 1. The Bertz CT molecular complexity index is 715. The number of aromatic nitrogens is 2. The van der Waals surface area contributed by atoms with E-state index in [0.29, 0.717) is 36.4 Å². The Hall–Kier alpha value is -2.03. The molecule has 0 unspecified atom stereocenters. The molecule has 1 aromatic heterocycles. The maximum atomic E-state index is 12.5. The van der Waals surface area contributed by atoms with E-state index in [1.54, 1.807) is 4.90 Å². The Balaban J connectivity index is 1.54. The molecular formula is C15H14F3N3O2S. The second kappa shape index (κ2) is 6.84. The number of rotatable bonds is 5. The Morgan fingerprint density at radius 1 is 1.21 bits per heavy atom. The minimum absolute atomic E-state index is 0.0761. The highest BCUT2D eigenvalue weighted by molar-refractivity contribution is 7.98. The molecule has 1 aliphatic heterocycles. The highest BCUT2D eigenvalue weighted by atomic mass is 32.2. The molecule has 1 saturated heterocycles. The van der Waals surface area contributed by atoms with E-state index >= 15 is 0 Å². The number of amides is 1. The van der Waals surface area contributed by atoms with Crippen molar-refractivity contribution in [3.63, 3.8) is 0 Å². The Morgan fingerprint density at radius 3 is 2.58 bits per heavy atom. The van der Waals surface area contributed by atoms with Crippen molar-refractivity contribution in [1.82, 2.24) is 15.1 Å². The maximum Gasteiger partial charge on any atom is 0.416 e. The standard InChI is InChI=1S/C15H14F3N3O2S/c16-15(17,18)11-5-3-10(4-6-11)9-24-14-20-19-12(23-14)8-21-7-1-2-13(21)22/h3-6H,1-2,7-9H2. The van der Waals surface area contributed by atoms with Crippen LogP contribution in [0.4, 0.5) is 13.2 Å². The van der Waals surface area contributed by atoms with Crippen LogP contribution in [0.15, 0.2) is 33.9 Å². The molecule has 0 spiro atoms. The van der Waals surface area contributed by atoms with Gasteiger partial charge in [0.25, 0.3) is 5.22 Å². The third kappa shape index (κ3) is 4.08. The first-order valence-electron chi connectivity index (χ1n) is 7.31. The van der Waals surface area contributed by atoms with Crippen LogP contribution in [0, 0.1) is 0 Å². The summed E-state index contributed by atoms with van der Waals surface area (Å²) >= 11 is 1.24. The summed E-state index contributed by atoms with van der Waals surface area (Å²) in [4.78, 5) is 13.2. The molecule has 0 bridgehead atoms. The van der Waals surface area contributed by atoms with Gasteiger partial charge in [-0.2, -0.15) is 13.2 Å². The summed E-state index contributed by atoms with van der Waals surface area (Å²) in [6.45, 7) is 0.988. The zero-order valence-electron chi connectivity index (χ0n) is 12.5. The van der Waals surface area contributed by atoms with Crippen LogP contribution in [0.1, 0.15) is 29.9 Å². The van der Waals surface area contributed by atoms with E-state index in [9.17, 15) is 18.0 Å². The van der Waals surface area contributed by atoms with E-state index in [2.05, 4.69) is 10.2 Å². The highest BCUT2D eigenvalue weighted by Crippen LogP contribution is 2.30. The molecule has 2 heterocycles. The quantitative estimate of drug-likeness (QED) is 0.767. The van der Waals surface area contributed by atoms with Crippen LogP contribution in [0.25, 0.3) is 0 Å². The summed E-state index contributed by atoms with van der Waals surface area (Å²) in [6.07, 6.45) is -2.95. The van der Waals surface area contributed by atoms with Crippen LogP contribution < -0.4 is 0 Å². The number of hydrogen-bond donors (Lipinski definition) is 0. The topological polar surface area (TPSA) is 59.2 Å². The average Bonchev–Trinajstić information content (AvgIpc) is 3.15. The number of halogens is 3. The van der Waals surface area contributed by atoms with E-state index in [1.807, 2.05) is 0 Å². The fourth-order valence-electron chi connectivity index (χ4n) is 2.33. The molecule has 0 atom stereocenters. The van der Waals surface area contributed by atoms with Gasteiger partial charge in [0, 0.05) is 18.7 Å². The zero-order chi connectivity index (χ0) is 17.2. The predicted molar refractivity (Wildman–Crippen MR) is 80.0 cm³/mol. The van der Waals surface area contributed by atoms with Crippen molar-refractivity contribution in [1.29, 1.82) is 0 Å². The maximum absolute atomic E-state index is 12.5. The minimum atomic E-state index is -4.33. The van der Waals surface area contributed by atoms with Crippen molar-refractivity contribution in [2.75, 3.05) is 6.54 Å². The lowest BCUT2D eigenvalue weighted by Gasteiger charge is -2.11.